The molecule has 2 N–H and O–H groups in total. The van der Waals surface area contributed by atoms with Gasteiger partial charge >= 0.3 is 0 Å². The molecule has 0 aromatic rings. The highest BCUT2D eigenvalue weighted by Crippen LogP contribution is 2.27. The van der Waals surface area contributed by atoms with Crippen molar-refractivity contribution in [1.82, 2.24) is 0 Å². The molecule has 0 fully saturated rings. The summed E-state index contributed by atoms with van der Waals surface area (Å²) in [6.45, 7) is 3.75. The number of hydrogen-bond donors (Lipinski definition) is 2. The molecule has 0 amide bonds. The Kier molecular flexibility index (Phi) is 7.40. The summed E-state index contributed by atoms with van der Waals surface area (Å²) in [4.78, 5) is 0. The van der Waals surface area contributed by atoms with Gasteiger partial charge in [-0.2, -0.15) is 0 Å². The van der Waals surface area contributed by atoms with E-state index in [4.69, 9.17) is 9.47 Å². The van der Waals surface area contributed by atoms with Gasteiger partial charge in [-0.25, -0.2) is 0 Å². The quantitative estimate of drug-likeness (QED) is 0.507. The molecule has 0 aliphatic carbocycles. The zero-order valence-electron chi connectivity index (χ0n) is 8.33. The Morgan fingerprint density at radius 3 is 2.36 bits per heavy atom. The summed E-state index contributed by atoms with van der Waals surface area (Å²) in [5.74, 6) is 0. The summed E-state index contributed by atoms with van der Waals surface area (Å²) >= 11 is 3.20. The van der Waals surface area contributed by atoms with Gasteiger partial charge in [0, 0.05) is 12.5 Å². The van der Waals surface area contributed by atoms with Crippen LogP contribution in [0.4, 0.5) is 0 Å². The first-order valence-electron chi connectivity index (χ1n) is 4.22. The van der Waals surface area contributed by atoms with Crippen molar-refractivity contribution in [2.75, 3.05) is 33.7 Å². The highest BCUT2D eigenvalue weighted by atomic mass is 79.9. The standard InChI is InChI=1S/C9H17BrO4/c1-8(10)3-9(4-11,5-12)6-14-7-13-2/h11-12H,1,3-7H2,2H3. The number of aliphatic hydroxyl groups excluding tert-OH is 2. The van der Waals surface area contributed by atoms with Crippen molar-refractivity contribution in [1.29, 1.82) is 0 Å². The van der Waals surface area contributed by atoms with Crippen LogP contribution in [0.1, 0.15) is 6.42 Å². The van der Waals surface area contributed by atoms with Gasteiger partial charge in [-0.1, -0.05) is 22.5 Å². The summed E-state index contributed by atoms with van der Waals surface area (Å²) in [6.07, 6.45) is 0.462. The Morgan fingerprint density at radius 1 is 1.43 bits per heavy atom. The maximum Gasteiger partial charge on any atom is 0.146 e. The number of halogens is 1. The third kappa shape index (κ3) is 5.07. The van der Waals surface area contributed by atoms with E-state index in [1.54, 1.807) is 0 Å². The molecule has 0 aromatic heterocycles. The van der Waals surface area contributed by atoms with Crippen molar-refractivity contribution in [2.45, 2.75) is 6.42 Å². The van der Waals surface area contributed by atoms with E-state index in [0.717, 1.165) is 4.48 Å². The molecule has 0 saturated carbocycles. The van der Waals surface area contributed by atoms with Gasteiger partial charge in [0.25, 0.3) is 0 Å². The normalized spacial score (nSPS) is 11.7. The van der Waals surface area contributed by atoms with Gasteiger partial charge in [0.15, 0.2) is 0 Å². The van der Waals surface area contributed by atoms with E-state index >= 15 is 0 Å². The molecule has 0 unspecified atom stereocenters. The van der Waals surface area contributed by atoms with Crippen LogP contribution >= 0.6 is 15.9 Å². The van der Waals surface area contributed by atoms with Crippen LogP contribution in [0, 0.1) is 5.41 Å². The maximum atomic E-state index is 9.18. The average Bonchev–Trinajstić information content (AvgIpc) is 2.16. The van der Waals surface area contributed by atoms with Crippen molar-refractivity contribution in [3.8, 4) is 0 Å². The summed E-state index contributed by atoms with van der Waals surface area (Å²) in [5.41, 5.74) is -0.681. The van der Waals surface area contributed by atoms with E-state index in [1.807, 2.05) is 0 Å². The molecule has 0 aliphatic rings. The fourth-order valence-electron chi connectivity index (χ4n) is 1.05. The third-order valence-electron chi connectivity index (χ3n) is 1.85. The van der Waals surface area contributed by atoms with Crippen LogP contribution in [0.3, 0.4) is 0 Å². The largest absolute Gasteiger partial charge is 0.396 e. The second kappa shape index (κ2) is 7.36. The predicted molar refractivity (Wildman–Crippen MR) is 57.1 cm³/mol. The number of methoxy groups -OCH3 is 1. The van der Waals surface area contributed by atoms with Crippen LogP contribution in [0.5, 0.6) is 0 Å². The molecule has 0 heterocycles. The smallest absolute Gasteiger partial charge is 0.146 e. The molecule has 84 valence electrons. The molecule has 0 radical (unpaired) electrons. The number of rotatable bonds is 8. The minimum Gasteiger partial charge on any atom is -0.396 e. The van der Waals surface area contributed by atoms with Crippen LogP contribution in [0.15, 0.2) is 11.1 Å². The lowest BCUT2D eigenvalue weighted by Gasteiger charge is -2.28. The van der Waals surface area contributed by atoms with E-state index in [1.165, 1.54) is 7.11 Å². The highest BCUT2D eigenvalue weighted by molar-refractivity contribution is 9.11. The van der Waals surface area contributed by atoms with Crippen LogP contribution in [-0.4, -0.2) is 43.9 Å². The Hall–Kier alpha value is 0.0600. The lowest BCUT2D eigenvalue weighted by molar-refractivity contribution is -0.0890. The zero-order valence-corrected chi connectivity index (χ0v) is 9.92. The lowest BCUT2D eigenvalue weighted by Crippen LogP contribution is -2.35. The van der Waals surface area contributed by atoms with Gasteiger partial charge in [0.2, 0.25) is 0 Å². The van der Waals surface area contributed by atoms with Gasteiger partial charge in [-0.15, -0.1) is 0 Å². The number of aliphatic hydroxyl groups is 2. The maximum absolute atomic E-state index is 9.18. The van der Waals surface area contributed by atoms with Gasteiger partial charge in [-0.3, -0.25) is 0 Å². The van der Waals surface area contributed by atoms with Crippen molar-refractivity contribution in [3.05, 3.63) is 11.1 Å². The van der Waals surface area contributed by atoms with Crippen molar-refractivity contribution in [2.24, 2.45) is 5.41 Å². The van der Waals surface area contributed by atoms with Crippen molar-refractivity contribution < 1.29 is 19.7 Å². The molecule has 0 aromatic carbocycles. The van der Waals surface area contributed by atoms with Gasteiger partial charge < -0.3 is 19.7 Å². The molecule has 4 nitrogen and oxygen atoms in total. The molecule has 14 heavy (non-hydrogen) atoms. The van der Waals surface area contributed by atoms with E-state index < -0.39 is 5.41 Å². The molecule has 0 saturated heterocycles. The van der Waals surface area contributed by atoms with Crippen LogP contribution in [0.2, 0.25) is 0 Å². The van der Waals surface area contributed by atoms with Crippen LogP contribution in [0.25, 0.3) is 0 Å². The zero-order chi connectivity index (χ0) is 11.0. The van der Waals surface area contributed by atoms with E-state index in [2.05, 4.69) is 22.5 Å². The van der Waals surface area contributed by atoms with E-state index in [9.17, 15) is 10.2 Å². The number of ether oxygens (including phenoxy) is 2. The fourth-order valence-corrected chi connectivity index (χ4v) is 1.65. The Bertz CT molecular complexity index is 168. The third-order valence-corrected chi connectivity index (χ3v) is 2.13. The van der Waals surface area contributed by atoms with Gasteiger partial charge in [0.1, 0.15) is 6.79 Å². The monoisotopic (exact) mass is 268 g/mol. The van der Waals surface area contributed by atoms with Gasteiger partial charge in [0.05, 0.1) is 19.8 Å². The Balaban J connectivity index is 4.14. The Labute approximate surface area is 92.7 Å². The summed E-state index contributed by atoms with van der Waals surface area (Å²) < 4.78 is 10.6. The fraction of sp³-hybridized carbons (Fsp3) is 0.778. The van der Waals surface area contributed by atoms with Crippen molar-refractivity contribution >= 4 is 15.9 Å². The molecule has 0 atom stereocenters. The number of hydrogen-bond acceptors (Lipinski definition) is 4. The Morgan fingerprint density at radius 2 is 2.00 bits per heavy atom. The number of allylic oxidation sites excluding steroid dienone is 1. The SMILES string of the molecule is C=C(Br)CC(CO)(CO)COCOC. The minimum absolute atomic E-state index is 0.149. The lowest BCUT2D eigenvalue weighted by atomic mass is 9.87. The topological polar surface area (TPSA) is 58.9 Å². The van der Waals surface area contributed by atoms with Crippen LogP contribution in [-0.2, 0) is 9.47 Å². The first-order valence-corrected chi connectivity index (χ1v) is 5.01. The second-order valence-corrected chi connectivity index (χ2v) is 4.39. The summed E-state index contributed by atoms with van der Waals surface area (Å²) in [7, 11) is 1.52. The summed E-state index contributed by atoms with van der Waals surface area (Å²) in [6, 6.07) is 0. The molecule has 0 spiro atoms. The molecular weight excluding hydrogens is 252 g/mol. The second-order valence-electron chi connectivity index (χ2n) is 3.27. The van der Waals surface area contributed by atoms with Crippen molar-refractivity contribution in [3.63, 3.8) is 0 Å². The molecular formula is C9H17BrO4. The van der Waals surface area contributed by atoms with Crippen LogP contribution < -0.4 is 0 Å². The van der Waals surface area contributed by atoms with E-state index in [-0.39, 0.29) is 26.6 Å². The average molecular weight is 269 g/mol. The molecule has 0 rings (SSSR count). The summed E-state index contributed by atoms with van der Waals surface area (Å²) in [5, 5.41) is 18.4. The highest BCUT2D eigenvalue weighted by Gasteiger charge is 2.29. The van der Waals surface area contributed by atoms with E-state index in [0.29, 0.717) is 6.42 Å². The molecule has 5 heteroatoms. The minimum atomic E-state index is -0.681. The first kappa shape index (κ1) is 14.1. The van der Waals surface area contributed by atoms with Gasteiger partial charge in [-0.05, 0) is 10.9 Å². The molecule has 0 bridgehead atoms. The molecule has 0 aliphatic heterocycles. The predicted octanol–water partition coefficient (Wildman–Crippen LogP) is 0.877. The first-order chi connectivity index (χ1) is 6.60.